The zero-order chi connectivity index (χ0) is 13.6. The van der Waals surface area contributed by atoms with Crippen LogP contribution in [0.2, 0.25) is 0 Å². The minimum Gasteiger partial charge on any atom is -0.355 e. The molecule has 0 fully saturated rings. The van der Waals surface area contributed by atoms with E-state index >= 15 is 0 Å². The molecule has 0 spiro atoms. The molecule has 1 heterocycles. The van der Waals surface area contributed by atoms with Crippen molar-refractivity contribution in [3.8, 4) is 0 Å². The van der Waals surface area contributed by atoms with Crippen LogP contribution in [0.1, 0.15) is 38.4 Å². The molecule has 0 unspecified atom stereocenters. The summed E-state index contributed by atoms with van der Waals surface area (Å²) in [6, 6.07) is 0. The Bertz CT molecular complexity index is 377. The highest BCUT2D eigenvalue weighted by molar-refractivity contribution is 5.82. The van der Waals surface area contributed by atoms with Crippen LogP contribution < -0.4 is 11.1 Å². The van der Waals surface area contributed by atoms with Gasteiger partial charge in [-0.3, -0.25) is 4.79 Å². The lowest BCUT2D eigenvalue weighted by Gasteiger charge is -2.28. The Balaban J connectivity index is 2.45. The summed E-state index contributed by atoms with van der Waals surface area (Å²) in [5.74, 6) is 1.16. The van der Waals surface area contributed by atoms with Crippen molar-refractivity contribution in [1.29, 1.82) is 0 Å². The molecule has 0 radical (unpaired) electrons. The van der Waals surface area contributed by atoms with Crippen molar-refractivity contribution in [3.63, 3.8) is 0 Å². The zero-order valence-corrected chi connectivity index (χ0v) is 11.3. The number of nitrogens with two attached hydrogens (primary N) is 1. The standard InChI is InChI=1S/C12H22N4O2/c1-4-12(5-2,8-13)11(17)14-7-6-10-15-9(3)18-16-10/h4-8,13H2,1-3H3,(H,14,17). The quantitative estimate of drug-likeness (QED) is 0.750. The number of hydrogen-bond donors (Lipinski definition) is 2. The van der Waals surface area contributed by atoms with Crippen LogP contribution in [-0.4, -0.2) is 29.1 Å². The van der Waals surface area contributed by atoms with Crippen LogP contribution in [0, 0.1) is 12.3 Å². The average Bonchev–Trinajstić information content (AvgIpc) is 2.78. The Hall–Kier alpha value is -1.43. The highest BCUT2D eigenvalue weighted by Gasteiger charge is 2.32. The summed E-state index contributed by atoms with van der Waals surface area (Å²) in [7, 11) is 0. The predicted molar refractivity (Wildman–Crippen MR) is 67.8 cm³/mol. The first-order valence-electron chi connectivity index (χ1n) is 6.35. The summed E-state index contributed by atoms with van der Waals surface area (Å²) in [5, 5.41) is 6.67. The van der Waals surface area contributed by atoms with Gasteiger partial charge in [-0.1, -0.05) is 19.0 Å². The molecule has 6 nitrogen and oxygen atoms in total. The van der Waals surface area contributed by atoms with Crippen LogP contribution in [-0.2, 0) is 11.2 Å². The van der Waals surface area contributed by atoms with E-state index in [9.17, 15) is 4.79 Å². The lowest BCUT2D eigenvalue weighted by Crippen LogP contribution is -2.45. The molecule has 3 N–H and O–H groups in total. The van der Waals surface area contributed by atoms with Gasteiger partial charge in [0.1, 0.15) is 0 Å². The fourth-order valence-corrected chi connectivity index (χ4v) is 1.87. The predicted octanol–water partition coefficient (Wildman–Crippen LogP) is 0.802. The van der Waals surface area contributed by atoms with Gasteiger partial charge < -0.3 is 15.6 Å². The van der Waals surface area contributed by atoms with Crippen LogP contribution in [0.25, 0.3) is 0 Å². The van der Waals surface area contributed by atoms with E-state index in [4.69, 9.17) is 10.3 Å². The van der Waals surface area contributed by atoms with Gasteiger partial charge in [-0.15, -0.1) is 0 Å². The molecule has 0 atom stereocenters. The van der Waals surface area contributed by atoms with Crippen LogP contribution in [0.3, 0.4) is 0 Å². The van der Waals surface area contributed by atoms with Crippen LogP contribution in [0.5, 0.6) is 0 Å². The number of hydrogen-bond acceptors (Lipinski definition) is 5. The third kappa shape index (κ3) is 3.29. The number of aromatic nitrogens is 2. The van der Waals surface area contributed by atoms with Crippen molar-refractivity contribution in [3.05, 3.63) is 11.7 Å². The van der Waals surface area contributed by atoms with Gasteiger partial charge in [0.2, 0.25) is 11.8 Å². The Morgan fingerprint density at radius 1 is 1.44 bits per heavy atom. The van der Waals surface area contributed by atoms with E-state index in [0.29, 0.717) is 31.2 Å². The molecule has 1 aromatic heterocycles. The van der Waals surface area contributed by atoms with Crippen LogP contribution in [0.4, 0.5) is 0 Å². The number of carbonyl (C=O) groups excluding carboxylic acids is 1. The average molecular weight is 254 g/mol. The Kier molecular flexibility index (Phi) is 5.27. The Morgan fingerprint density at radius 3 is 2.56 bits per heavy atom. The molecule has 0 saturated carbocycles. The first-order chi connectivity index (χ1) is 8.57. The minimum absolute atomic E-state index is 0.00946. The molecule has 1 aromatic rings. The van der Waals surface area contributed by atoms with Crippen molar-refractivity contribution in [1.82, 2.24) is 15.5 Å². The van der Waals surface area contributed by atoms with Crippen molar-refractivity contribution in [2.45, 2.75) is 40.0 Å². The second-order valence-corrected chi connectivity index (χ2v) is 4.43. The summed E-state index contributed by atoms with van der Waals surface area (Å²) in [5.41, 5.74) is 5.26. The SMILES string of the molecule is CCC(CC)(CN)C(=O)NCCc1noc(C)n1. The van der Waals surface area contributed by atoms with Crippen molar-refractivity contribution < 1.29 is 9.32 Å². The number of carbonyl (C=O) groups is 1. The number of rotatable bonds is 7. The van der Waals surface area contributed by atoms with Crippen molar-refractivity contribution in [2.75, 3.05) is 13.1 Å². The molecule has 18 heavy (non-hydrogen) atoms. The molecule has 0 aliphatic rings. The molecule has 0 aromatic carbocycles. The third-order valence-corrected chi connectivity index (χ3v) is 3.43. The van der Waals surface area contributed by atoms with E-state index in [1.54, 1.807) is 6.92 Å². The third-order valence-electron chi connectivity index (χ3n) is 3.43. The van der Waals surface area contributed by atoms with Gasteiger partial charge in [-0.05, 0) is 12.8 Å². The Morgan fingerprint density at radius 2 is 2.11 bits per heavy atom. The fraction of sp³-hybridized carbons (Fsp3) is 0.750. The Labute approximate surface area is 107 Å². The molecule has 0 bridgehead atoms. The smallest absolute Gasteiger partial charge is 0.227 e. The maximum absolute atomic E-state index is 12.1. The highest BCUT2D eigenvalue weighted by atomic mass is 16.5. The normalized spacial score (nSPS) is 11.6. The van der Waals surface area contributed by atoms with Crippen molar-refractivity contribution in [2.24, 2.45) is 11.1 Å². The molecule has 6 heteroatoms. The van der Waals surface area contributed by atoms with E-state index in [2.05, 4.69) is 15.5 Å². The molecule has 0 saturated heterocycles. The van der Waals surface area contributed by atoms with E-state index in [1.807, 2.05) is 13.8 Å². The molecule has 0 aliphatic heterocycles. The fourth-order valence-electron chi connectivity index (χ4n) is 1.87. The van der Waals surface area contributed by atoms with Gasteiger partial charge in [-0.2, -0.15) is 4.98 Å². The monoisotopic (exact) mass is 254 g/mol. The lowest BCUT2D eigenvalue weighted by atomic mass is 9.81. The van der Waals surface area contributed by atoms with Gasteiger partial charge in [0, 0.05) is 26.4 Å². The highest BCUT2D eigenvalue weighted by Crippen LogP contribution is 2.24. The molecule has 0 aliphatic carbocycles. The summed E-state index contributed by atoms with van der Waals surface area (Å²) in [4.78, 5) is 16.2. The van der Waals surface area contributed by atoms with Gasteiger partial charge >= 0.3 is 0 Å². The largest absolute Gasteiger partial charge is 0.355 e. The summed E-state index contributed by atoms with van der Waals surface area (Å²) in [6.45, 7) is 6.58. The van der Waals surface area contributed by atoms with E-state index in [1.165, 1.54) is 0 Å². The van der Waals surface area contributed by atoms with E-state index in [-0.39, 0.29) is 5.91 Å². The summed E-state index contributed by atoms with van der Waals surface area (Å²) < 4.78 is 4.86. The minimum atomic E-state index is -0.451. The number of nitrogens with one attached hydrogen (secondary N) is 1. The maximum atomic E-state index is 12.1. The molecule has 1 amide bonds. The number of amides is 1. The molecular formula is C12H22N4O2. The van der Waals surface area contributed by atoms with Gasteiger partial charge in [0.15, 0.2) is 5.82 Å². The topological polar surface area (TPSA) is 94.0 Å². The maximum Gasteiger partial charge on any atom is 0.227 e. The molecular weight excluding hydrogens is 232 g/mol. The molecule has 1 rings (SSSR count). The van der Waals surface area contributed by atoms with Crippen LogP contribution >= 0.6 is 0 Å². The summed E-state index contributed by atoms with van der Waals surface area (Å²) >= 11 is 0. The first kappa shape index (κ1) is 14.6. The van der Waals surface area contributed by atoms with Crippen LogP contribution in [0.15, 0.2) is 4.52 Å². The van der Waals surface area contributed by atoms with Crippen molar-refractivity contribution >= 4 is 5.91 Å². The van der Waals surface area contributed by atoms with Gasteiger partial charge in [0.25, 0.3) is 0 Å². The zero-order valence-electron chi connectivity index (χ0n) is 11.3. The second-order valence-electron chi connectivity index (χ2n) is 4.43. The van der Waals surface area contributed by atoms with E-state index in [0.717, 1.165) is 12.8 Å². The van der Waals surface area contributed by atoms with Gasteiger partial charge in [0.05, 0.1) is 5.41 Å². The first-order valence-corrected chi connectivity index (χ1v) is 6.35. The van der Waals surface area contributed by atoms with Gasteiger partial charge in [-0.25, -0.2) is 0 Å². The van der Waals surface area contributed by atoms with E-state index < -0.39 is 5.41 Å². The molecule has 102 valence electrons. The second kappa shape index (κ2) is 6.49. The number of nitrogens with zero attached hydrogens (tertiary/aromatic N) is 2. The lowest BCUT2D eigenvalue weighted by molar-refractivity contribution is -0.131. The number of aryl methyl sites for hydroxylation is 1. The summed E-state index contributed by atoms with van der Waals surface area (Å²) in [6.07, 6.45) is 2.05.